The lowest BCUT2D eigenvalue weighted by molar-refractivity contribution is -0.124. The third-order valence-corrected chi connectivity index (χ3v) is 2.68. The maximum absolute atomic E-state index is 11.1. The topological polar surface area (TPSA) is 91.0 Å². The molecule has 0 saturated heterocycles. The highest BCUT2D eigenvalue weighted by Crippen LogP contribution is 2.38. The van der Waals surface area contributed by atoms with E-state index in [2.05, 4.69) is 0 Å². The fourth-order valence-electron chi connectivity index (χ4n) is 1.69. The molecule has 1 heterocycles. The predicted octanol–water partition coefficient (Wildman–Crippen LogP) is 0.550. The number of aliphatic hydroxyl groups excluding tert-OH is 1. The Morgan fingerprint density at radius 3 is 2.72 bits per heavy atom. The lowest BCUT2D eigenvalue weighted by Gasteiger charge is -2.16. The SMILES string of the molecule is CCC(Oc1cc2c(cc1CO)OCO2)C(N)=O. The zero-order valence-corrected chi connectivity index (χ0v) is 10.0. The Bertz CT molecular complexity index is 460. The van der Waals surface area contributed by atoms with Gasteiger partial charge < -0.3 is 25.1 Å². The summed E-state index contributed by atoms with van der Waals surface area (Å²) in [4.78, 5) is 11.1. The van der Waals surface area contributed by atoms with Crippen LogP contribution in [-0.4, -0.2) is 23.9 Å². The number of aliphatic hydroxyl groups is 1. The summed E-state index contributed by atoms with van der Waals surface area (Å²) in [5.74, 6) is 0.923. The highest BCUT2D eigenvalue weighted by Gasteiger charge is 2.21. The largest absolute Gasteiger partial charge is 0.480 e. The van der Waals surface area contributed by atoms with Crippen molar-refractivity contribution in [2.75, 3.05) is 6.79 Å². The number of carbonyl (C=O) groups is 1. The van der Waals surface area contributed by atoms with E-state index in [9.17, 15) is 9.90 Å². The molecule has 0 aromatic heterocycles. The van der Waals surface area contributed by atoms with Crippen molar-refractivity contribution in [1.29, 1.82) is 0 Å². The summed E-state index contributed by atoms with van der Waals surface area (Å²) in [6, 6.07) is 3.23. The van der Waals surface area contributed by atoms with Crippen LogP contribution in [0, 0.1) is 0 Å². The van der Waals surface area contributed by atoms with Crippen molar-refractivity contribution in [2.45, 2.75) is 26.1 Å². The monoisotopic (exact) mass is 253 g/mol. The number of nitrogens with two attached hydrogens (primary N) is 1. The normalized spacial score (nSPS) is 14.3. The molecule has 3 N–H and O–H groups in total. The van der Waals surface area contributed by atoms with Crippen molar-refractivity contribution in [1.82, 2.24) is 0 Å². The van der Waals surface area contributed by atoms with Crippen LogP contribution in [0.5, 0.6) is 17.2 Å². The molecule has 6 nitrogen and oxygen atoms in total. The Kier molecular flexibility index (Phi) is 3.57. The van der Waals surface area contributed by atoms with Gasteiger partial charge in [0, 0.05) is 11.6 Å². The summed E-state index contributed by atoms with van der Waals surface area (Å²) in [5.41, 5.74) is 5.74. The molecule has 1 aliphatic rings. The van der Waals surface area contributed by atoms with Crippen molar-refractivity contribution < 1.29 is 24.1 Å². The molecule has 1 aromatic rings. The molecule has 0 fully saturated rings. The van der Waals surface area contributed by atoms with Gasteiger partial charge in [0.1, 0.15) is 5.75 Å². The Morgan fingerprint density at radius 2 is 2.17 bits per heavy atom. The molecule has 1 amide bonds. The van der Waals surface area contributed by atoms with E-state index in [1.807, 2.05) is 0 Å². The van der Waals surface area contributed by atoms with E-state index >= 15 is 0 Å². The molecule has 0 saturated carbocycles. The van der Waals surface area contributed by atoms with Gasteiger partial charge in [-0.15, -0.1) is 0 Å². The van der Waals surface area contributed by atoms with Crippen LogP contribution in [0.25, 0.3) is 0 Å². The summed E-state index contributed by atoms with van der Waals surface area (Å²) in [6.45, 7) is 1.71. The number of hydrogen-bond acceptors (Lipinski definition) is 5. The molecule has 1 atom stereocenters. The van der Waals surface area contributed by atoms with Gasteiger partial charge in [-0.05, 0) is 12.5 Å². The third-order valence-electron chi connectivity index (χ3n) is 2.68. The number of carbonyl (C=O) groups excluding carboxylic acids is 1. The van der Waals surface area contributed by atoms with Crippen LogP contribution >= 0.6 is 0 Å². The lowest BCUT2D eigenvalue weighted by atomic mass is 10.1. The molecular weight excluding hydrogens is 238 g/mol. The molecule has 0 spiro atoms. The van der Waals surface area contributed by atoms with Crippen LogP contribution in [0.2, 0.25) is 0 Å². The summed E-state index contributed by atoms with van der Waals surface area (Å²) in [5, 5.41) is 9.28. The van der Waals surface area contributed by atoms with Crippen LogP contribution in [0.3, 0.4) is 0 Å². The Morgan fingerprint density at radius 1 is 1.50 bits per heavy atom. The van der Waals surface area contributed by atoms with E-state index in [-0.39, 0.29) is 13.4 Å². The van der Waals surface area contributed by atoms with Gasteiger partial charge >= 0.3 is 0 Å². The number of hydrogen-bond donors (Lipinski definition) is 2. The average molecular weight is 253 g/mol. The maximum atomic E-state index is 11.1. The number of benzene rings is 1. The van der Waals surface area contributed by atoms with Gasteiger partial charge in [0.15, 0.2) is 17.6 Å². The van der Waals surface area contributed by atoms with Crippen molar-refractivity contribution >= 4 is 5.91 Å². The first-order valence-electron chi connectivity index (χ1n) is 5.65. The smallest absolute Gasteiger partial charge is 0.258 e. The molecule has 0 radical (unpaired) electrons. The van der Waals surface area contributed by atoms with Crippen molar-refractivity contribution in [3.05, 3.63) is 17.7 Å². The highest BCUT2D eigenvalue weighted by molar-refractivity contribution is 5.79. The molecule has 18 heavy (non-hydrogen) atoms. The quantitative estimate of drug-likeness (QED) is 0.799. The van der Waals surface area contributed by atoms with Crippen LogP contribution in [-0.2, 0) is 11.4 Å². The fraction of sp³-hybridized carbons (Fsp3) is 0.417. The summed E-state index contributed by atoms with van der Waals surface area (Å²) in [6.07, 6.45) is -0.273. The Hall–Kier alpha value is -1.95. The minimum Gasteiger partial charge on any atom is -0.480 e. The van der Waals surface area contributed by atoms with Crippen LogP contribution in [0.1, 0.15) is 18.9 Å². The number of amides is 1. The molecule has 1 aromatic carbocycles. The minimum absolute atomic E-state index is 0.136. The van der Waals surface area contributed by atoms with Crippen LogP contribution < -0.4 is 19.9 Å². The fourth-order valence-corrected chi connectivity index (χ4v) is 1.69. The highest BCUT2D eigenvalue weighted by atomic mass is 16.7. The number of rotatable bonds is 5. The van der Waals surface area contributed by atoms with Crippen molar-refractivity contribution in [2.24, 2.45) is 5.73 Å². The van der Waals surface area contributed by atoms with Gasteiger partial charge in [0.05, 0.1) is 6.61 Å². The average Bonchev–Trinajstić information content (AvgIpc) is 2.81. The second kappa shape index (κ2) is 5.14. The van der Waals surface area contributed by atoms with Gasteiger partial charge in [-0.25, -0.2) is 0 Å². The van der Waals surface area contributed by atoms with Crippen LogP contribution in [0.4, 0.5) is 0 Å². The van der Waals surface area contributed by atoms with Gasteiger partial charge in [0.25, 0.3) is 5.91 Å². The molecule has 1 aliphatic heterocycles. The van der Waals surface area contributed by atoms with Gasteiger partial charge in [0.2, 0.25) is 6.79 Å². The first kappa shape index (κ1) is 12.5. The lowest BCUT2D eigenvalue weighted by Crippen LogP contribution is -2.33. The third kappa shape index (κ3) is 2.33. The predicted molar refractivity (Wildman–Crippen MR) is 62.4 cm³/mol. The van der Waals surface area contributed by atoms with Crippen LogP contribution in [0.15, 0.2) is 12.1 Å². The summed E-state index contributed by atoms with van der Waals surface area (Å²) >= 11 is 0. The van der Waals surface area contributed by atoms with Gasteiger partial charge in [-0.2, -0.15) is 0 Å². The van der Waals surface area contributed by atoms with Gasteiger partial charge in [-0.3, -0.25) is 4.79 Å². The van der Waals surface area contributed by atoms with E-state index < -0.39 is 12.0 Å². The van der Waals surface area contributed by atoms with E-state index in [4.69, 9.17) is 19.9 Å². The minimum atomic E-state index is -0.726. The molecule has 0 aliphatic carbocycles. The number of primary amides is 1. The summed E-state index contributed by atoms with van der Waals surface area (Å²) < 4.78 is 15.9. The summed E-state index contributed by atoms with van der Waals surface area (Å²) in [7, 11) is 0. The Balaban J connectivity index is 2.29. The van der Waals surface area contributed by atoms with Crippen molar-refractivity contribution in [3.63, 3.8) is 0 Å². The first-order valence-corrected chi connectivity index (χ1v) is 5.65. The zero-order valence-electron chi connectivity index (χ0n) is 10.0. The molecule has 1 unspecified atom stereocenters. The Labute approximate surface area is 104 Å². The number of ether oxygens (including phenoxy) is 3. The van der Waals surface area contributed by atoms with E-state index in [1.165, 1.54) is 0 Å². The molecule has 6 heteroatoms. The second-order valence-corrected chi connectivity index (χ2v) is 3.89. The molecule has 0 bridgehead atoms. The van der Waals surface area contributed by atoms with Gasteiger partial charge in [-0.1, -0.05) is 6.92 Å². The van der Waals surface area contributed by atoms with E-state index in [0.717, 1.165) is 0 Å². The second-order valence-electron chi connectivity index (χ2n) is 3.89. The van der Waals surface area contributed by atoms with E-state index in [0.29, 0.717) is 29.2 Å². The molecule has 2 rings (SSSR count). The maximum Gasteiger partial charge on any atom is 0.258 e. The van der Waals surface area contributed by atoms with Crippen molar-refractivity contribution in [3.8, 4) is 17.2 Å². The zero-order chi connectivity index (χ0) is 13.1. The van der Waals surface area contributed by atoms with E-state index in [1.54, 1.807) is 19.1 Å². The molecule has 98 valence electrons. The standard InChI is InChI=1S/C12H15NO5/c1-2-8(12(13)15)18-9-4-11-10(16-6-17-11)3-7(9)5-14/h3-4,8,14H,2,5-6H2,1H3,(H2,13,15). The number of fused-ring (bicyclic) bond motifs is 1. The molecular formula is C12H15NO5. The first-order chi connectivity index (χ1) is 8.65.